The van der Waals surface area contributed by atoms with E-state index >= 15 is 0 Å². The second kappa shape index (κ2) is 7.02. The Labute approximate surface area is 115 Å². The number of ether oxygens (including phenoxy) is 1. The molecule has 1 amide bonds. The average Bonchev–Trinajstić information content (AvgIpc) is 2.36. The number of halogens is 3. The number of nitrogen functional groups attached to an aromatic ring is 1. The highest BCUT2D eigenvalue weighted by atomic mass is 19.4. The minimum atomic E-state index is -4.20. The van der Waals surface area contributed by atoms with Gasteiger partial charge in [-0.1, -0.05) is 0 Å². The smallest absolute Gasteiger partial charge is 0.389 e. The van der Waals surface area contributed by atoms with Crippen molar-refractivity contribution in [3.05, 3.63) is 23.8 Å². The van der Waals surface area contributed by atoms with Crippen molar-refractivity contribution in [2.24, 2.45) is 0 Å². The molecule has 112 valence electrons. The fourth-order valence-corrected chi connectivity index (χ4v) is 1.57. The Hall–Kier alpha value is -1.92. The summed E-state index contributed by atoms with van der Waals surface area (Å²) in [4.78, 5) is 11.7. The summed E-state index contributed by atoms with van der Waals surface area (Å²) in [6.45, 7) is 2.22. The van der Waals surface area contributed by atoms with Crippen molar-refractivity contribution in [3.63, 3.8) is 0 Å². The molecule has 0 spiro atoms. The molecule has 0 saturated heterocycles. The zero-order chi connectivity index (χ0) is 15.2. The van der Waals surface area contributed by atoms with Gasteiger partial charge >= 0.3 is 6.18 Å². The van der Waals surface area contributed by atoms with E-state index < -0.39 is 18.5 Å². The number of benzene rings is 1. The van der Waals surface area contributed by atoms with E-state index in [0.717, 1.165) is 0 Å². The Morgan fingerprint density at radius 1 is 1.40 bits per heavy atom. The maximum atomic E-state index is 11.9. The molecule has 0 aromatic heterocycles. The molecule has 0 radical (unpaired) electrons. The molecule has 0 aliphatic rings. The summed E-state index contributed by atoms with van der Waals surface area (Å²) in [5, 5.41) is 2.41. The van der Waals surface area contributed by atoms with Crippen molar-refractivity contribution < 1.29 is 22.7 Å². The van der Waals surface area contributed by atoms with Gasteiger partial charge in [-0.2, -0.15) is 13.2 Å². The molecule has 0 fully saturated rings. The van der Waals surface area contributed by atoms with Crippen LogP contribution in [0.3, 0.4) is 0 Å². The Balaban J connectivity index is 2.49. The maximum absolute atomic E-state index is 11.9. The molecule has 0 atom stereocenters. The van der Waals surface area contributed by atoms with Crippen molar-refractivity contribution in [1.82, 2.24) is 5.32 Å². The summed E-state index contributed by atoms with van der Waals surface area (Å²) in [5.74, 6) is 0.0167. The first-order chi connectivity index (χ1) is 9.33. The molecule has 0 unspecified atom stereocenters. The summed E-state index contributed by atoms with van der Waals surface area (Å²) in [6.07, 6.45) is -5.27. The van der Waals surface area contributed by atoms with Gasteiger partial charge in [-0.3, -0.25) is 4.79 Å². The molecule has 0 heterocycles. The Bertz CT molecular complexity index is 461. The van der Waals surface area contributed by atoms with Crippen molar-refractivity contribution in [2.45, 2.75) is 25.9 Å². The average molecular weight is 290 g/mol. The number of nitrogens with two attached hydrogens (primary N) is 1. The number of nitrogens with one attached hydrogen (secondary N) is 1. The lowest BCUT2D eigenvalue weighted by Gasteiger charge is -2.10. The van der Waals surface area contributed by atoms with Crippen molar-refractivity contribution in [2.75, 3.05) is 18.9 Å². The van der Waals surface area contributed by atoms with Crippen molar-refractivity contribution in [1.29, 1.82) is 0 Å². The number of rotatable bonds is 6. The molecule has 0 bridgehead atoms. The van der Waals surface area contributed by atoms with Gasteiger partial charge in [-0.25, -0.2) is 0 Å². The van der Waals surface area contributed by atoms with Crippen LogP contribution in [0, 0.1) is 0 Å². The first-order valence-corrected chi connectivity index (χ1v) is 6.20. The molecule has 1 rings (SSSR count). The highest BCUT2D eigenvalue weighted by Crippen LogP contribution is 2.23. The fourth-order valence-electron chi connectivity index (χ4n) is 1.57. The topological polar surface area (TPSA) is 64.3 Å². The third kappa shape index (κ3) is 5.38. The van der Waals surface area contributed by atoms with Crippen LogP contribution in [0.15, 0.2) is 18.2 Å². The first kappa shape index (κ1) is 16.1. The van der Waals surface area contributed by atoms with E-state index in [0.29, 0.717) is 18.0 Å². The van der Waals surface area contributed by atoms with Gasteiger partial charge in [0.25, 0.3) is 5.91 Å². The van der Waals surface area contributed by atoms with Crippen LogP contribution in [0.1, 0.15) is 30.1 Å². The lowest BCUT2D eigenvalue weighted by molar-refractivity contribution is -0.135. The molecule has 4 nitrogen and oxygen atoms in total. The molecule has 7 heteroatoms. The standard InChI is InChI=1S/C13H17F3N2O2/c1-2-20-11-5-4-9(8-10(11)17)12(19)18-7-3-6-13(14,15)16/h4-5,8H,2-3,6-7,17H2,1H3,(H,18,19). The van der Waals surface area contributed by atoms with E-state index in [1.165, 1.54) is 12.1 Å². The molecule has 1 aromatic carbocycles. The third-order valence-corrected chi connectivity index (χ3v) is 2.49. The number of alkyl halides is 3. The predicted molar refractivity (Wildman–Crippen MR) is 69.6 cm³/mol. The number of hydrogen-bond acceptors (Lipinski definition) is 3. The summed E-state index contributed by atoms with van der Waals surface area (Å²) >= 11 is 0. The van der Waals surface area contributed by atoms with Crippen LogP contribution >= 0.6 is 0 Å². The lowest BCUT2D eigenvalue weighted by Crippen LogP contribution is -2.25. The Kier molecular flexibility index (Phi) is 5.66. The Morgan fingerprint density at radius 2 is 2.10 bits per heavy atom. The van der Waals surface area contributed by atoms with Gasteiger partial charge in [0.05, 0.1) is 12.3 Å². The number of carbonyl (C=O) groups excluding carboxylic acids is 1. The predicted octanol–water partition coefficient (Wildman–Crippen LogP) is 2.74. The minimum absolute atomic E-state index is 0.0363. The van der Waals surface area contributed by atoms with Gasteiger partial charge < -0.3 is 15.8 Å². The summed E-state index contributed by atoms with van der Waals surface area (Å²) < 4.78 is 41.0. The highest BCUT2D eigenvalue weighted by Gasteiger charge is 2.26. The molecule has 3 N–H and O–H groups in total. The first-order valence-electron chi connectivity index (χ1n) is 6.20. The second-order valence-corrected chi connectivity index (χ2v) is 4.16. The molecular weight excluding hydrogens is 273 g/mol. The minimum Gasteiger partial charge on any atom is -0.492 e. The zero-order valence-electron chi connectivity index (χ0n) is 11.1. The van der Waals surface area contributed by atoms with E-state index in [4.69, 9.17) is 10.5 Å². The normalized spacial score (nSPS) is 11.2. The quantitative estimate of drug-likeness (QED) is 0.625. The summed E-state index contributed by atoms with van der Waals surface area (Å²) in [6, 6.07) is 4.51. The van der Waals surface area contributed by atoms with Gasteiger partial charge in [0.1, 0.15) is 5.75 Å². The van der Waals surface area contributed by atoms with E-state index in [-0.39, 0.29) is 18.5 Å². The number of amides is 1. The maximum Gasteiger partial charge on any atom is 0.389 e. The molecular formula is C13H17F3N2O2. The van der Waals surface area contributed by atoms with Gasteiger partial charge in [0, 0.05) is 18.5 Å². The monoisotopic (exact) mass is 290 g/mol. The van der Waals surface area contributed by atoms with Crippen LogP contribution in [-0.4, -0.2) is 25.2 Å². The number of anilines is 1. The lowest BCUT2D eigenvalue weighted by atomic mass is 10.1. The van der Waals surface area contributed by atoms with Crippen LogP contribution in [0.5, 0.6) is 5.75 Å². The number of carbonyl (C=O) groups is 1. The van der Waals surface area contributed by atoms with E-state index in [1.807, 2.05) is 0 Å². The van der Waals surface area contributed by atoms with Gasteiger partial charge in [-0.15, -0.1) is 0 Å². The zero-order valence-corrected chi connectivity index (χ0v) is 11.1. The van der Waals surface area contributed by atoms with Gasteiger partial charge in [-0.05, 0) is 31.5 Å². The summed E-state index contributed by atoms with van der Waals surface area (Å²) in [7, 11) is 0. The SMILES string of the molecule is CCOc1ccc(C(=O)NCCCC(F)(F)F)cc1N. The van der Waals surface area contributed by atoms with E-state index in [9.17, 15) is 18.0 Å². The van der Waals surface area contributed by atoms with E-state index in [2.05, 4.69) is 5.32 Å². The number of hydrogen-bond donors (Lipinski definition) is 2. The molecule has 0 saturated carbocycles. The van der Waals surface area contributed by atoms with Crippen LogP contribution in [0.2, 0.25) is 0 Å². The van der Waals surface area contributed by atoms with Crippen LogP contribution < -0.4 is 15.8 Å². The van der Waals surface area contributed by atoms with Crippen LogP contribution in [-0.2, 0) is 0 Å². The Morgan fingerprint density at radius 3 is 2.65 bits per heavy atom. The fraction of sp³-hybridized carbons (Fsp3) is 0.462. The van der Waals surface area contributed by atoms with Crippen LogP contribution in [0.4, 0.5) is 18.9 Å². The van der Waals surface area contributed by atoms with Crippen molar-refractivity contribution in [3.8, 4) is 5.75 Å². The highest BCUT2D eigenvalue weighted by molar-refractivity contribution is 5.95. The largest absolute Gasteiger partial charge is 0.492 e. The second-order valence-electron chi connectivity index (χ2n) is 4.16. The molecule has 0 aliphatic carbocycles. The van der Waals surface area contributed by atoms with Crippen LogP contribution in [0.25, 0.3) is 0 Å². The van der Waals surface area contributed by atoms with E-state index in [1.54, 1.807) is 13.0 Å². The summed E-state index contributed by atoms with van der Waals surface area (Å²) in [5.41, 5.74) is 6.31. The molecule has 0 aliphatic heterocycles. The van der Waals surface area contributed by atoms with Gasteiger partial charge in [0.15, 0.2) is 0 Å². The van der Waals surface area contributed by atoms with Gasteiger partial charge in [0.2, 0.25) is 0 Å². The van der Waals surface area contributed by atoms with Crippen molar-refractivity contribution >= 4 is 11.6 Å². The molecule has 20 heavy (non-hydrogen) atoms. The molecule has 1 aromatic rings. The third-order valence-electron chi connectivity index (χ3n) is 2.49.